The summed E-state index contributed by atoms with van der Waals surface area (Å²) in [5.74, 6) is -0.317. The molecule has 110 valence electrons. The molecule has 0 aliphatic heterocycles. The highest BCUT2D eigenvalue weighted by molar-refractivity contribution is 5.96. The fourth-order valence-electron chi connectivity index (χ4n) is 2.15. The molecule has 0 saturated carbocycles. The first kappa shape index (κ1) is 15.0. The van der Waals surface area contributed by atoms with Gasteiger partial charge in [0.1, 0.15) is 5.82 Å². The minimum absolute atomic E-state index is 0.113. The first-order valence-corrected chi connectivity index (χ1v) is 6.83. The van der Waals surface area contributed by atoms with Crippen molar-refractivity contribution in [3.05, 3.63) is 64.5 Å². The number of hydrogen-bond donors (Lipinski definition) is 2. The number of nitrogens with one attached hydrogen (secondary N) is 2. The molecule has 0 aromatic heterocycles. The van der Waals surface area contributed by atoms with Crippen molar-refractivity contribution in [1.29, 1.82) is 0 Å². The van der Waals surface area contributed by atoms with Gasteiger partial charge in [-0.2, -0.15) is 0 Å². The molecule has 0 fully saturated rings. The number of aryl methyl sites for hydroxylation is 1. The number of hydrogen-bond acceptors (Lipinski definition) is 2. The number of anilines is 1. The summed E-state index contributed by atoms with van der Waals surface area (Å²) in [6.07, 6.45) is 0. The summed E-state index contributed by atoms with van der Waals surface area (Å²) in [6.45, 7) is 4.14. The summed E-state index contributed by atoms with van der Waals surface area (Å²) in [5.41, 5.74) is 3.89. The molecule has 0 atom stereocenters. The molecule has 4 heteroatoms. The number of benzene rings is 2. The van der Waals surface area contributed by atoms with Gasteiger partial charge in [0.15, 0.2) is 0 Å². The largest absolute Gasteiger partial charge is 0.381 e. The molecule has 0 bridgehead atoms. The smallest absolute Gasteiger partial charge is 0.251 e. The van der Waals surface area contributed by atoms with Crippen LogP contribution < -0.4 is 10.6 Å². The Morgan fingerprint density at radius 3 is 2.62 bits per heavy atom. The number of carbonyl (C=O) groups is 1. The van der Waals surface area contributed by atoms with Gasteiger partial charge >= 0.3 is 0 Å². The van der Waals surface area contributed by atoms with E-state index in [0.717, 1.165) is 16.8 Å². The van der Waals surface area contributed by atoms with Crippen molar-refractivity contribution in [1.82, 2.24) is 5.32 Å². The van der Waals surface area contributed by atoms with Gasteiger partial charge in [-0.15, -0.1) is 0 Å². The Labute approximate surface area is 124 Å². The van der Waals surface area contributed by atoms with Gasteiger partial charge in [0.2, 0.25) is 0 Å². The molecule has 0 saturated heterocycles. The van der Waals surface area contributed by atoms with Gasteiger partial charge in [-0.25, -0.2) is 4.39 Å². The van der Waals surface area contributed by atoms with E-state index >= 15 is 0 Å². The van der Waals surface area contributed by atoms with E-state index in [9.17, 15) is 9.18 Å². The Balaban J connectivity index is 2.16. The monoisotopic (exact) mass is 286 g/mol. The van der Waals surface area contributed by atoms with Gasteiger partial charge in [0, 0.05) is 24.8 Å². The maximum absolute atomic E-state index is 13.5. The minimum Gasteiger partial charge on any atom is -0.381 e. The average molecular weight is 286 g/mol. The third kappa shape index (κ3) is 3.40. The highest BCUT2D eigenvalue weighted by Gasteiger charge is 2.10. The van der Waals surface area contributed by atoms with Crippen LogP contribution in [0.3, 0.4) is 0 Å². The Morgan fingerprint density at radius 1 is 1.19 bits per heavy atom. The van der Waals surface area contributed by atoms with Crippen LogP contribution in [0.1, 0.15) is 27.0 Å². The maximum atomic E-state index is 13.5. The molecular formula is C17H19FN2O. The van der Waals surface area contributed by atoms with Crippen LogP contribution in [0.25, 0.3) is 0 Å². The minimum atomic E-state index is -0.204. The van der Waals surface area contributed by atoms with Crippen molar-refractivity contribution in [3.8, 4) is 0 Å². The average Bonchev–Trinajstić information content (AvgIpc) is 2.49. The lowest BCUT2D eigenvalue weighted by Gasteiger charge is -2.13. The van der Waals surface area contributed by atoms with E-state index in [2.05, 4.69) is 10.6 Å². The van der Waals surface area contributed by atoms with Crippen LogP contribution in [0.5, 0.6) is 0 Å². The van der Waals surface area contributed by atoms with E-state index in [0.29, 0.717) is 17.7 Å². The second kappa shape index (κ2) is 6.39. The van der Waals surface area contributed by atoms with Crippen LogP contribution >= 0.6 is 0 Å². The third-order valence-corrected chi connectivity index (χ3v) is 3.52. The van der Waals surface area contributed by atoms with Crippen molar-refractivity contribution in [2.75, 3.05) is 12.4 Å². The van der Waals surface area contributed by atoms with Gasteiger partial charge in [-0.3, -0.25) is 4.79 Å². The first-order chi connectivity index (χ1) is 10.0. The van der Waals surface area contributed by atoms with E-state index in [1.54, 1.807) is 26.1 Å². The van der Waals surface area contributed by atoms with Crippen LogP contribution in [0, 0.1) is 19.7 Å². The summed E-state index contributed by atoms with van der Waals surface area (Å²) < 4.78 is 13.5. The zero-order valence-electron chi connectivity index (χ0n) is 12.5. The Hall–Kier alpha value is -2.36. The molecule has 2 N–H and O–H groups in total. The SMILES string of the molecule is CNC(=O)c1cccc(NCc2ccc(C)c(F)c2)c1C. The fraction of sp³-hybridized carbons (Fsp3) is 0.235. The molecule has 0 unspecified atom stereocenters. The zero-order valence-corrected chi connectivity index (χ0v) is 12.5. The third-order valence-electron chi connectivity index (χ3n) is 3.52. The molecular weight excluding hydrogens is 267 g/mol. The van der Waals surface area contributed by atoms with Crippen molar-refractivity contribution in [2.24, 2.45) is 0 Å². The van der Waals surface area contributed by atoms with Crippen LogP contribution in [0.4, 0.5) is 10.1 Å². The van der Waals surface area contributed by atoms with E-state index in [1.165, 1.54) is 6.07 Å². The summed E-state index contributed by atoms with van der Waals surface area (Å²) in [6, 6.07) is 10.7. The quantitative estimate of drug-likeness (QED) is 0.904. The van der Waals surface area contributed by atoms with Crippen LogP contribution in [0.2, 0.25) is 0 Å². The Morgan fingerprint density at radius 2 is 1.95 bits per heavy atom. The van der Waals surface area contributed by atoms with E-state index in [4.69, 9.17) is 0 Å². The number of halogens is 1. The molecule has 2 rings (SSSR count). The summed E-state index contributed by atoms with van der Waals surface area (Å²) in [7, 11) is 1.61. The normalized spacial score (nSPS) is 10.3. The maximum Gasteiger partial charge on any atom is 0.251 e. The molecule has 0 aliphatic rings. The topological polar surface area (TPSA) is 41.1 Å². The molecule has 2 aromatic rings. The lowest BCUT2D eigenvalue weighted by Crippen LogP contribution is -2.19. The number of rotatable bonds is 4. The van der Waals surface area contributed by atoms with Crippen molar-refractivity contribution < 1.29 is 9.18 Å². The number of carbonyl (C=O) groups excluding carboxylic acids is 1. The summed E-state index contributed by atoms with van der Waals surface area (Å²) in [5, 5.41) is 5.87. The molecule has 0 radical (unpaired) electrons. The zero-order chi connectivity index (χ0) is 15.4. The fourth-order valence-corrected chi connectivity index (χ4v) is 2.15. The molecule has 21 heavy (non-hydrogen) atoms. The molecule has 0 aliphatic carbocycles. The van der Waals surface area contributed by atoms with Gasteiger partial charge in [-0.1, -0.05) is 18.2 Å². The lowest BCUT2D eigenvalue weighted by atomic mass is 10.1. The van der Waals surface area contributed by atoms with Crippen LogP contribution in [0.15, 0.2) is 36.4 Å². The molecule has 0 heterocycles. The van der Waals surface area contributed by atoms with Gasteiger partial charge < -0.3 is 10.6 Å². The first-order valence-electron chi connectivity index (χ1n) is 6.83. The Kier molecular flexibility index (Phi) is 4.58. The lowest BCUT2D eigenvalue weighted by molar-refractivity contribution is 0.0962. The highest BCUT2D eigenvalue weighted by atomic mass is 19.1. The van der Waals surface area contributed by atoms with Crippen LogP contribution in [-0.4, -0.2) is 13.0 Å². The Bertz CT molecular complexity index is 668. The van der Waals surface area contributed by atoms with Gasteiger partial charge in [0.05, 0.1) is 0 Å². The molecule has 3 nitrogen and oxygen atoms in total. The number of amides is 1. The van der Waals surface area contributed by atoms with Crippen molar-refractivity contribution in [2.45, 2.75) is 20.4 Å². The van der Waals surface area contributed by atoms with Gasteiger partial charge in [0.25, 0.3) is 5.91 Å². The second-order valence-corrected chi connectivity index (χ2v) is 4.99. The second-order valence-electron chi connectivity index (χ2n) is 4.99. The van der Waals surface area contributed by atoms with E-state index < -0.39 is 0 Å². The summed E-state index contributed by atoms with van der Waals surface area (Å²) >= 11 is 0. The predicted octanol–water partition coefficient (Wildman–Crippen LogP) is 3.41. The van der Waals surface area contributed by atoms with Crippen LogP contribution in [-0.2, 0) is 6.54 Å². The predicted molar refractivity (Wildman–Crippen MR) is 83.0 cm³/mol. The van der Waals surface area contributed by atoms with Gasteiger partial charge in [-0.05, 0) is 48.7 Å². The molecule has 0 spiro atoms. The molecule has 1 amide bonds. The standard InChI is InChI=1S/C17H19FN2O/c1-11-7-8-13(9-15(11)18)10-20-16-6-4-5-14(12(16)2)17(21)19-3/h4-9,20H,10H2,1-3H3,(H,19,21). The highest BCUT2D eigenvalue weighted by Crippen LogP contribution is 2.20. The van der Waals surface area contributed by atoms with E-state index in [-0.39, 0.29) is 11.7 Å². The summed E-state index contributed by atoms with van der Waals surface area (Å²) in [4.78, 5) is 11.8. The van der Waals surface area contributed by atoms with Crippen molar-refractivity contribution >= 4 is 11.6 Å². The van der Waals surface area contributed by atoms with E-state index in [1.807, 2.05) is 25.1 Å². The molecule has 2 aromatic carbocycles. The van der Waals surface area contributed by atoms with Crippen molar-refractivity contribution in [3.63, 3.8) is 0 Å².